The largest absolute Gasteiger partial charge is 0.296 e. The second kappa shape index (κ2) is 5.85. The topological polar surface area (TPSA) is 59.3 Å². The third kappa shape index (κ3) is 2.51. The van der Waals surface area contributed by atoms with E-state index in [-0.39, 0.29) is 5.91 Å². The maximum Gasteiger partial charge on any atom is 0.276 e. The number of thiazole rings is 2. The number of rotatable bonds is 3. The first-order valence-corrected chi connectivity index (χ1v) is 9.09. The minimum Gasteiger partial charge on any atom is -0.296 e. The average Bonchev–Trinajstić information content (AvgIpc) is 3.22. The van der Waals surface area contributed by atoms with E-state index in [1.165, 1.54) is 22.7 Å². The highest BCUT2D eigenvalue weighted by Gasteiger charge is 2.19. The Balaban J connectivity index is 1.65. The van der Waals surface area contributed by atoms with Crippen LogP contribution in [0.2, 0.25) is 0 Å². The number of hydrogen-bond acceptors (Lipinski definition) is 5. The summed E-state index contributed by atoms with van der Waals surface area (Å²) in [4.78, 5) is 23.5. The summed E-state index contributed by atoms with van der Waals surface area (Å²) < 4.78 is 1.81. The molecule has 7 heteroatoms. The maximum atomic E-state index is 12.7. The van der Waals surface area contributed by atoms with Gasteiger partial charge in [0, 0.05) is 22.0 Å². The molecule has 1 aromatic carbocycles. The van der Waals surface area contributed by atoms with Crippen molar-refractivity contribution in [2.24, 2.45) is 0 Å². The zero-order chi connectivity index (χ0) is 16.7. The highest BCUT2D eigenvalue weighted by atomic mass is 32.1. The molecule has 120 valence electrons. The van der Waals surface area contributed by atoms with Crippen molar-refractivity contribution in [3.63, 3.8) is 0 Å². The van der Waals surface area contributed by atoms with Gasteiger partial charge in [-0.1, -0.05) is 30.3 Å². The molecule has 0 spiro atoms. The molecule has 4 aromatic rings. The molecule has 0 aliphatic carbocycles. The number of nitrogens with zero attached hydrogens (tertiary/aromatic N) is 3. The molecule has 0 bridgehead atoms. The molecular formula is C17H14N4OS2. The quantitative estimate of drug-likeness (QED) is 0.594. The van der Waals surface area contributed by atoms with Crippen molar-refractivity contribution < 1.29 is 4.79 Å². The standard InChI is InChI=1S/C17H14N4OS2/c1-10-14(21-8-9-23-17(21)18-10)15(22)20-16-19-13(11(2)24-16)12-6-4-3-5-7-12/h3-9H,1-2H3,(H,19,20,22). The summed E-state index contributed by atoms with van der Waals surface area (Å²) in [5.74, 6) is -0.188. The van der Waals surface area contributed by atoms with E-state index >= 15 is 0 Å². The van der Waals surface area contributed by atoms with Crippen molar-refractivity contribution >= 4 is 38.7 Å². The Morgan fingerprint density at radius 2 is 1.96 bits per heavy atom. The van der Waals surface area contributed by atoms with Gasteiger partial charge in [0.1, 0.15) is 5.69 Å². The van der Waals surface area contributed by atoms with Crippen molar-refractivity contribution in [1.29, 1.82) is 0 Å². The molecule has 4 rings (SSSR count). The minimum absolute atomic E-state index is 0.188. The van der Waals surface area contributed by atoms with E-state index in [1.807, 2.05) is 60.2 Å². The van der Waals surface area contributed by atoms with Gasteiger partial charge in [-0.25, -0.2) is 9.97 Å². The number of aromatic nitrogens is 3. The first kappa shape index (κ1) is 15.0. The second-order valence-corrected chi connectivity index (χ2v) is 7.42. The van der Waals surface area contributed by atoms with Crippen LogP contribution in [0.1, 0.15) is 21.1 Å². The number of nitrogens with one attached hydrogen (secondary N) is 1. The molecule has 0 unspecified atom stereocenters. The molecule has 5 nitrogen and oxygen atoms in total. The molecule has 0 saturated carbocycles. The maximum absolute atomic E-state index is 12.7. The molecular weight excluding hydrogens is 340 g/mol. The first-order chi connectivity index (χ1) is 11.6. The molecule has 1 amide bonds. The number of amides is 1. The van der Waals surface area contributed by atoms with Gasteiger partial charge < -0.3 is 0 Å². The fraction of sp³-hybridized carbons (Fsp3) is 0.118. The van der Waals surface area contributed by atoms with E-state index in [0.29, 0.717) is 10.8 Å². The third-order valence-electron chi connectivity index (χ3n) is 3.72. The van der Waals surface area contributed by atoms with Crippen LogP contribution in [0.4, 0.5) is 5.13 Å². The van der Waals surface area contributed by atoms with Crippen molar-refractivity contribution in [3.05, 3.63) is 58.2 Å². The van der Waals surface area contributed by atoms with Crippen molar-refractivity contribution in [1.82, 2.24) is 14.4 Å². The molecule has 3 heterocycles. The monoisotopic (exact) mass is 354 g/mol. The Kier molecular flexibility index (Phi) is 3.66. The molecule has 0 radical (unpaired) electrons. The van der Waals surface area contributed by atoms with Crippen molar-refractivity contribution in [3.8, 4) is 11.3 Å². The zero-order valence-corrected chi connectivity index (χ0v) is 14.7. The van der Waals surface area contributed by atoms with Crippen LogP contribution in [0.5, 0.6) is 0 Å². The van der Waals surface area contributed by atoms with Crippen molar-refractivity contribution in [2.75, 3.05) is 5.32 Å². The molecule has 0 aliphatic heterocycles. The Morgan fingerprint density at radius 3 is 2.75 bits per heavy atom. The van der Waals surface area contributed by atoms with E-state index in [2.05, 4.69) is 15.3 Å². The number of benzene rings is 1. The molecule has 0 fully saturated rings. The van der Waals surface area contributed by atoms with Gasteiger partial charge in [0.15, 0.2) is 10.1 Å². The zero-order valence-electron chi connectivity index (χ0n) is 13.1. The van der Waals surface area contributed by atoms with Gasteiger partial charge in [0.05, 0.1) is 11.4 Å². The van der Waals surface area contributed by atoms with Crippen molar-refractivity contribution in [2.45, 2.75) is 13.8 Å². The summed E-state index contributed by atoms with van der Waals surface area (Å²) in [6.07, 6.45) is 1.86. The fourth-order valence-electron chi connectivity index (χ4n) is 2.64. The lowest BCUT2D eigenvalue weighted by atomic mass is 10.1. The molecule has 0 aliphatic rings. The minimum atomic E-state index is -0.188. The summed E-state index contributed by atoms with van der Waals surface area (Å²) in [7, 11) is 0. The van der Waals surface area contributed by atoms with Crippen LogP contribution in [-0.2, 0) is 0 Å². The number of imidazole rings is 1. The number of carbonyl (C=O) groups excluding carboxylic acids is 1. The molecule has 0 saturated heterocycles. The summed E-state index contributed by atoms with van der Waals surface area (Å²) in [6, 6.07) is 9.97. The summed E-state index contributed by atoms with van der Waals surface area (Å²) >= 11 is 2.99. The summed E-state index contributed by atoms with van der Waals surface area (Å²) in [5.41, 5.74) is 3.23. The van der Waals surface area contributed by atoms with Crippen LogP contribution >= 0.6 is 22.7 Å². The normalized spacial score (nSPS) is 11.1. The molecule has 24 heavy (non-hydrogen) atoms. The first-order valence-electron chi connectivity index (χ1n) is 7.40. The predicted octanol–water partition coefficient (Wildman–Crippen LogP) is 4.39. The Bertz CT molecular complexity index is 1030. The fourth-order valence-corrected chi connectivity index (χ4v) is 4.23. The molecule has 0 atom stereocenters. The number of carbonyl (C=O) groups is 1. The van der Waals surface area contributed by atoms with E-state index in [0.717, 1.165) is 26.8 Å². The second-order valence-electron chi connectivity index (χ2n) is 5.35. The van der Waals surface area contributed by atoms with Crippen LogP contribution in [0.15, 0.2) is 41.9 Å². The van der Waals surface area contributed by atoms with E-state index in [1.54, 1.807) is 0 Å². The Morgan fingerprint density at radius 1 is 1.17 bits per heavy atom. The molecule has 1 N–H and O–H groups in total. The van der Waals surface area contributed by atoms with E-state index in [4.69, 9.17) is 0 Å². The van der Waals surface area contributed by atoms with Gasteiger partial charge in [-0.05, 0) is 13.8 Å². The highest BCUT2D eigenvalue weighted by Crippen LogP contribution is 2.30. The van der Waals surface area contributed by atoms with Crippen LogP contribution in [-0.4, -0.2) is 20.3 Å². The average molecular weight is 354 g/mol. The number of hydrogen-bond donors (Lipinski definition) is 1. The predicted molar refractivity (Wildman–Crippen MR) is 98.0 cm³/mol. The SMILES string of the molecule is Cc1nc2sccn2c1C(=O)Nc1nc(-c2ccccc2)c(C)s1. The van der Waals surface area contributed by atoms with E-state index < -0.39 is 0 Å². The summed E-state index contributed by atoms with van der Waals surface area (Å²) in [5, 5.41) is 5.42. The Hall–Kier alpha value is -2.51. The van der Waals surface area contributed by atoms with Gasteiger partial charge in [0.2, 0.25) is 0 Å². The number of fused-ring (bicyclic) bond motifs is 1. The van der Waals surface area contributed by atoms with Crippen LogP contribution < -0.4 is 5.32 Å². The lowest BCUT2D eigenvalue weighted by Gasteiger charge is -2.01. The van der Waals surface area contributed by atoms with Crippen LogP contribution in [0.3, 0.4) is 0 Å². The Labute approximate surface area is 146 Å². The highest BCUT2D eigenvalue weighted by molar-refractivity contribution is 7.16. The van der Waals surface area contributed by atoms with Gasteiger partial charge in [0.25, 0.3) is 5.91 Å². The summed E-state index contributed by atoms with van der Waals surface area (Å²) in [6.45, 7) is 3.86. The van der Waals surface area contributed by atoms with Crippen LogP contribution in [0.25, 0.3) is 16.2 Å². The van der Waals surface area contributed by atoms with Gasteiger partial charge >= 0.3 is 0 Å². The third-order valence-corrected chi connectivity index (χ3v) is 5.36. The number of anilines is 1. The number of aryl methyl sites for hydroxylation is 2. The van der Waals surface area contributed by atoms with Crippen LogP contribution in [0, 0.1) is 13.8 Å². The van der Waals surface area contributed by atoms with Gasteiger partial charge in [-0.3, -0.25) is 14.5 Å². The lowest BCUT2D eigenvalue weighted by molar-refractivity contribution is 0.102. The van der Waals surface area contributed by atoms with Gasteiger partial charge in [-0.15, -0.1) is 22.7 Å². The lowest BCUT2D eigenvalue weighted by Crippen LogP contribution is -2.15. The smallest absolute Gasteiger partial charge is 0.276 e. The molecule has 3 aromatic heterocycles. The van der Waals surface area contributed by atoms with Gasteiger partial charge in [-0.2, -0.15) is 0 Å². The van der Waals surface area contributed by atoms with E-state index in [9.17, 15) is 4.79 Å².